The summed E-state index contributed by atoms with van der Waals surface area (Å²) < 4.78 is 5.37. The van der Waals surface area contributed by atoms with Gasteiger partial charge in [0.05, 0.1) is 0 Å². The minimum atomic E-state index is -1.31. The molecule has 1 rings (SSSR count). The van der Waals surface area contributed by atoms with Crippen LogP contribution < -0.4 is 0 Å². The second-order valence-corrected chi connectivity index (χ2v) is 5.34. The van der Waals surface area contributed by atoms with Crippen molar-refractivity contribution in [2.24, 2.45) is 0 Å². The summed E-state index contributed by atoms with van der Waals surface area (Å²) in [6, 6.07) is 0. The predicted octanol–water partition coefficient (Wildman–Crippen LogP) is 2.84. The first-order valence-corrected chi connectivity index (χ1v) is 6.22. The molecule has 1 heterocycles. The molecule has 1 amide bonds. The summed E-state index contributed by atoms with van der Waals surface area (Å²) in [5.74, 6) is 0. The van der Waals surface area contributed by atoms with Gasteiger partial charge in [0.25, 0.3) is 0 Å². The predicted molar refractivity (Wildman–Crippen MR) is 71.1 cm³/mol. The molecule has 0 aromatic rings. The molecule has 0 spiro atoms. The maximum absolute atomic E-state index is 11.8. The summed E-state index contributed by atoms with van der Waals surface area (Å²) in [4.78, 5) is 13.1. The second-order valence-electron chi connectivity index (χ2n) is 5.34. The van der Waals surface area contributed by atoms with Crippen LogP contribution in [0.2, 0.25) is 0 Å². The van der Waals surface area contributed by atoms with E-state index in [1.807, 2.05) is 13.8 Å². The first-order valence-electron chi connectivity index (χ1n) is 6.22. The van der Waals surface area contributed by atoms with E-state index in [4.69, 9.17) is 4.74 Å². The molecule has 0 unspecified atom stereocenters. The van der Waals surface area contributed by atoms with Gasteiger partial charge in [-0.05, 0) is 40.5 Å². The lowest BCUT2D eigenvalue weighted by Crippen LogP contribution is -2.54. The van der Waals surface area contributed by atoms with Crippen molar-refractivity contribution in [1.82, 2.24) is 4.90 Å². The SMILES string of the molecule is C=CCN1C(=O)O[C@@](C)(CCC=C(C)C)[C@]1(C)O. The number of hydrogen-bond acceptors (Lipinski definition) is 3. The molecule has 102 valence electrons. The van der Waals surface area contributed by atoms with Crippen molar-refractivity contribution in [3.8, 4) is 0 Å². The molecule has 1 fully saturated rings. The quantitative estimate of drug-likeness (QED) is 0.766. The van der Waals surface area contributed by atoms with Crippen LogP contribution in [0.4, 0.5) is 4.79 Å². The van der Waals surface area contributed by atoms with Gasteiger partial charge in [0.2, 0.25) is 0 Å². The largest absolute Gasteiger partial charge is 0.438 e. The van der Waals surface area contributed by atoms with Crippen LogP contribution in [-0.2, 0) is 4.74 Å². The molecule has 1 aliphatic rings. The number of hydrogen-bond donors (Lipinski definition) is 1. The molecule has 0 aliphatic carbocycles. The summed E-state index contributed by atoms with van der Waals surface area (Å²) >= 11 is 0. The average molecular weight is 253 g/mol. The Bertz CT molecular complexity index is 369. The van der Waals surface area contributed by atoms with E-state index in [2.05, 4.69) is 12.7 Å². The summed E-state index contributed by atoms with van der Waals surface area (Å²) in [6.45, 7) is 11.3. The first kappa shape index (κ1) is 14.8. The highest BCUT2D eigenvalue weighted by atomic mass is 16.6. The van der Waals surface area contributed by atoms with Crippen LogP contribution in [0.15, 0.2) is 24.3 Å². The Morgan fingerprint density at radius 2 is 2.11 bits per heavy atom. The van der Waals surface area contributed by atoms with E-state index >= 15 is 0 Å². The summed E-state index contributed by atoms with van der Waals surface area (Å²) in [6.07, 6.45) is 4.53. The van der Waals surface area contributed by atoms with E-state index in [1.165, 1.54) is 10.5 Å². The van der Waals surface area contributed by atoms with Crippen LogP contribution in [0.5, 0.6) is 0 Å². The van der Waals surface area contributed by atoms with Crippen molar-refractivity contribution in [2.75, 3.05) is 6.54 Å². The van der Waals surface area contributed by atoms with E-state index < -0.39 is 17.4 Å². The zero-order chi connectivity index (χ0) is 14.0. The normalized spacial score (nSPS) is 31.2. The second kappa shape index (κ2) is 5.14. The van der Waals surface area contributed by atoms with Crippen LogP contribution in [0.25, 0.3) is 0 Å². The van der Waals surface area contributed by atoms with Gasteiger partial charge in [-0.3, -0.25) is 4.90 Å². The topological polar surface area (TPSA) is 49.8 Å². The van der Waals surface area contributed by atoms with Crippen LogP contribution in [0, 0.1) is 0 Å². The van der Waals surface area contributed by atoms with Gasteiger partial charge in [-0.1, -0.05) is 17.7 Å². The fourth-order valence-electron chi connectivity index (χ4n) is 2.11. The maximum Gasteiger partial charge on any atom is 0.413 e. The lowest BCUT2D eigenvalue weighted by atomic mass is 9.88. The minimum Gasteiger partial charge on any atom is -0.438 e. The Labute approximate surface area is 109 Å². The highest BCUT2D eigenvalue weighted by molar-refractivity contribution is 5.72. The average Bonchev–Trinajstić information content (AvgIpc) is 2.39. The molecule has 18 heavy (non-hydrogen) atoms. The Morgan fingerprint density at radius 3 is 2.61 bits per heavy atom. The number of amides is 1. The number of carbonyl (C=O) groups excluding carboxylic acids is 1. The first-order chi connectivity index (χ1) is 8.24. The molecule has 0 saturated carbocycles. The van der Waals surface area contributed by atoms with Crippen molar-refractivity contribution < 1.29 is 14.6 Å². The van der Waals surface area contributed by atoms with Gasteiger partial charge >= 0.3 is 6.09 Å². The van der Waals surface area contributed by atoms with Gasteiger partial charge in [-0.2, -0.15) is 0 Å². The van der Waals surface area contributed by atoms with Gasteiger partial charge in [0.1, 0.15) is 0 Å². The van der Waals surface area contributed by atoms with Gasteiger partial charge in [-0.15, -0.1) is 6.58 Å². The number of aliphatic hydroxyl groups is 1. The molecule has 2 atom stereocenters. The Hall–Kier alpha value is -1.29. The number of carbonyl (C=O) groups is 1. The smallest absolute Gasteiger partial charge is 0.413 e. The summed E-state index contributed by atoms with van der Waals surface area (Å²) in [5, 5.41) is 10.6. The van der Waals surface area contributed by atoms with Gasteiger partial charge in [0.15, 0.2) is 11.3 Å². The number of cyclic esters (lactones) is 1. The number of rotatable bonds is 5. The molecule has 1 aliphatic heterocycles. The van der Waals surface area contributed by atoms with Crippen molar-refractivity contribution >= 4 is 6.09 Å². The van der Waals surface area contributed by atoms with Crippen LogP contribution in [0.1, 0.15) is 40.5 Å². The monoisotopic (exact) mass is 253 g/mol. The number of ether oxygens (including phenoxy) is 1. The Balaban J connectivity index is 2.85. The van der Waals surface area contributed by atoms with Crippen molar-refractivity contribution in [2.45, 2.75) is 51.9 Å². The lowest BCUT2D eigenvalue weighted by Gasteiger charge is -2.37. The van der Waals surface area contributed by atoms with Gasteiger partial charge in [-0.25, -0.2) is 4.79 Å². The molecule has 1 saturated heterocycles. The third kappa shape index (κ3) is 2.58. The van der Waals surface area contributed by atoms with Gasteiger partial charge < -0.3 is 9.84 Å². The van der Waals surface area contributed by atoms with E-state index in [0.29, 0.717) is 6.42 Å². The standard InChI is InChI=1S/C14H23NO3/c1-6-10-15-12(16)18-13(4,14(15,5)17)9-7-8-11(2)3/h6,8,17H,1,7,9-10H2,2-5H3/t13-,14-/m0/s1. The van der Waals surface area contributed by atoms with Crippen molar-refractivity contribution in [1.29, 1.82) is 0 Å². The van der Waals surface area contributed by atoms with Gasteiger partial charge in [0, 0.05) is 6.54 Å². The van der Waals surface area contributed by atoms with Crippen LogP contribution in [0.3, 0.4) is 0 Å². The zero-order valence-electron chi connectivity index (χ0n) is 11.7. The Morgan fingerprint density at radius 1 is 1.50 bits per heavy atom. The maximum atomic E-state index is 11.8. The Kier molecular flexibility index (Phi) is 4.22. The molecule has 0 aromatic heterocycles. The fourth-order valence-corrected chi connectivity index (χ4v) is 2.11. The molecular weight excluding hydrogens is 230 g/mol. The molecule has 1 N–H and O–H groups in total. The lowest BCUT2D eigenvalue weighted by molar-refractivity contribution is -0.136. The fraction of sp³-hybridized carbons (Fsp3) is 0.643. The van der Waals surface area contributed by atoms with Crippen LogP contribution in [-0.4, -0.2) is 34.0 Å². The third-order valence-electron chi connectivity index (χ3n) is 3.55. The van der Waals surface area contributed by atoms with Crippen molar-refractivity contribution in [3.63, 3.8) is 0 Å². The summed E-state index contributed by atoms with van der Waals surface area (Å²) in [7, 11) is 0. The minimum absolute atomic E-state index is 0.282. The molecule has 4 nitrogen and oxygen atoms in total. The molecule has 0 bridgehead atoms. The van der Waals surface area contributed by atoms with E-state index in [9.17, 15) is 9.90 Å². The number of nitrogens with zero attached hydrogens (tertiary/aromatic N) is 1. The highest BCUT2D eigenvalue weighted by Crippen LogP contribution is 2.40. The molecule has 0 aromatic carbocycles. The van der Waals surface area contributed by atoms with E-state index in [1.54, 1.807) is 19.9 Å². The van der Waals surface area contributed by atoms with Crippen molar-refractivity contribution in [3.05, 3.63) is 24.3 Å². The van der Waals surface area contributed by atoms with E-state index in [0.717, 1.165) is 6.42 Å². The molecule has 4 heteroatoms. The number of allylic oxidation sites excluding steroid dienone is 2. The molecular formula is C14H23NO3. The zero-order valence-corrected chi connectivity index (χ0v) is 11.7. The summed E-state index contributed by atoms with van der Waals surface area (Å²) in [5.41, 5.74) is -0.988. The third-order valence-corrected chi connectivity index (χ3v) is 3.55. The van der Waals surface area contributed by atoms with Crippen LogP contribution >= 0.6 is 0 Å². The van der Waals surface area contributed by atoms with E-state index in [-0.39, 0.29) is 6.54 Å². The molecule has 0 radical (unpaired) electrons. The highest BCUT2D eigenvalue weighted by Gasteiger charge is 2.58.